The Bertz CT molecular complexity index is 565. The fourth-order valence-corrected chi connectivity index (χ4v) is 2.99. The SMILES string of the molecule is CCC(=O)N1CCC(NC(=NC)NCCCc2ccc(Cl)cc2)C1.I. The van der Waals surface area contributed by atoms with Crippen LogP contribution in [-0.4, -0.2) is 49.5 Å². The van der Waals surface area contributed by atoms with Gasteiger partial charge in [-0.25, -0.2) is 0 Å². The number of hydrogen-bond acceptors (Lipinski definition) is 2. The first-order valence-corrected chi connectivity index (χ1v) is 8.99. The van der Waals surface area contributed by atoms with E-state index in [1.165, 1.54) is 5.56 Å². The summed E-state index contributed by atoms with van der Waals surface area (Å²) in [5.41, 5.74) is 1.29. The van der Waals surface area contributed by atoms with Gasteiger partial charge in [0.1, 0.15) is 0 Å². The molecule has 1 aliphatic rings. The Labute approximate surface area is 172 Å². The van der Waals surface area contributed by atoms with E-state index in [9.17, 15) is 4.79 Å². The number of amides is 1. The van der Waals surface area contributed by atoms with Gasteiger partial charge in [0, 0.05) is 44.2 Å². The predicted molar refractivity (Wildman–Crippen MR) is 115 cm³/mol. The first-order valence-electron chi connectivity index (χ1n) is 8.61. The standard InChI is InChI=1S/C18H27ClN4O.HI/c1-3-17(24)23-12-10-16(13-23)22-18(20-2)21-11-4-5-14-6-8-15(19)9-7-14;/h6-9,16H,3-5,10-13H2,1-2H3,(H2,20,21,22);1H. The van der Waals surface area contributed by atoms with Gasteiger partial charge in [-0.2, -0.15) is 0 Å². The van der Waals surface area contributed by atoms with Crippen LogP contribution >= 0.6 is 35.6 Å². The van der Waals surface area contributed by atoms with Crippen LogP contribution < -0.4 is 10.6 Å². The summed E-state index contributed by atoms with van der Waals surface area (Å²) in [5.74, 6) is 1.03. The maximum absolute atomic E-state index is 11.7. The monoisotopic (exact) mass is 478 g/mol. The third-order valence-electron chi connectivity index (χ3n) is 4.26. The Hall–Kier alpha value is -1.02. The van der Waals surface area contributed by atoms with Crippen molar-refractivity contribution in [3.8, 4) is 0 Å². The molecule has 140 valence electrons. The fraction of sp³-hybridized carbons (Fsp3) is 0.556. The molecule has 0 aliphatic carbocycles. The highest BCUT2D eigenvalue weighted by atomic mass is 127. The second kappa shape index (κ2) is 11.6. The van der Waals surface area contributed by atoms with Crippen LogP contribution in [0.5, 0.6) is 0 Å². The first-order chi connectivity index (χ1) is 11.6. The van der Waals surface area contributed by atoms with Gasteiger partial charge in [-0.1, -0.05) is 30.7 Å². The number of aliphatic imine (C=N–C) groups is 1. The zero-order chi connectivity index (χ0) is 17.4. The molecule has 0 radical (unpaired) electrons. The third kappa shape index (κ3) is 7.40. The van der Waals surface area contributed by atoms with Gasteiger partial charge in [-0.15, -0.1) is 24.0 Å². The van der Waals surface area contributed by atoms with E-state index >= 15 is 0 Å². The number of carbonyl (C=O) groups excluding carboxylic acids is 1. The minimum atomic E-state index is 0. The van der Waals surface area contributed by atoms with E-state index in [1.807, 2.05) is 24.0 Å². The summed E-state index contributed by atoms with van der Waals surface area (Å²) in [5, 5.41) is 7.53. The summed E-state index contributed by atoms with van der Waals surface area (Å²) in [7, 11) is 1.78. The molecule has 1 amide bonds. The highest BCUT2D eigenvalue weighted by molar-refractivity contribution is 14.0. The topological polar surface area (TPSA) is 56.7 Å². The molecule has 1 aliphatic heterocycles. The van der Waals surface area contributed by atoms with Gasteiger partial charge in [-0.05, 0) is 37.0 Å². The van der Waals surface area contributed by atoms with Gasteiger partial charge in [0.05, 0.1) is 0 Å². The molecule has 0 saturated carbocycles. The zero-order valence-electron chi connectivity index (χ0n) is 14.9. The van der Waals surface area contributed by atoms with Crippen LogP contribution in [0.4, 0.5) is 0 Å². The molecule has 0 bridgehead atoms. The molecule has 1 fully saturated rings. The van der Waals surface area contributed by atoms with Crippen molar-refractivity contribution in [3.63, 3.8) is 0 Å². The Morgan fingerprint density at radius 2 is 2.08 bits per heavy atom. The van der Waals surface area contributed by atoms with Crippen molar-refractivity contribution in [2.45, 2.75) is 38.6 Å². The normalized spacial score (nSPS) is 17.2. The van der Waals surface area contributed by atoms with Crippen molar-refractivity contribution in [3.05, 3.63) is 34.9 Å². The lowest BCUT2D eigenvalue weighted by Gasteiger charge is -2.18. The van der Waals surface area contributed by atoms with Crippen molar-refractivity contribution in [1.29, 1.82) is 0 Å². The molecule has 1 aromatic rings. The Kier molecular flexibility index (Phi) is 10.2. The summed E-state index contributed by atoms with van der Waals surface area (Å²) in [4.78, 5) is 17.9. The van der Waals surface area contributed by atoms with Crippen LogP contribution in [0, 0.1) is 0 Å². The molecule has 1 aromatic carbocycles. The minimum Gasteiger partial charge on any atom is -0.356 e. The minimum absolute atomic E-state index is 0. The van der Waals surface area contributed by atoms with E-state index in [1.54, 1.807) is 7.05 Å². The van der Waals surface area contributed by atoms with Crippen molar-refractivity contribution >= 4 is 47.4 Å². The summed E-state index contributed by atoms with van der Waals surface area (Å²) in [6.07, 6.45) is 3.57. The summed E-state index contributed by atoms with van der Waals surface area (Å²) in [6, 6.07) is 8.26. The number of nitrogens with one attached hydrogen (secondary N) is 2. The van der Waals surface area contributed by atoms with Gasteiger partial charge in [0.25, 0.3) is 0 Å². The molecular weight excluding hydrogens is 451 g/mol. The van der Waals surface area contributed by atoms with Gasteiger partial charge >= 0.3 is 0 Å². The number of aryl methyl sites for hydroxylation is 1. The molecular formula is C18H28ClIN4O. The third-order valence-corrected chi connectivity index (χ3v) is 4.51. The van der Waals surface area contributed by atoms with E-state index in [0.717, 1.165) is 49.9 Å². The van der Waals surface area contributed by atoms with E-state index < -0.39 is 0 Å². The molecule has 2 N–H and O–H groups in total. The summed E-state index contributed by atoms with van der Waals surface area (Å²) in [6.45, 7) is 4.35. The number of halogens is 2. The fourth-order valence-electron chi connectivity index (χ4n) is 2.87. The Balaban J connectivity index is 0.00000312. The molecule has 1 saturated heterocycles. The molecule has 2 rings (SSSR count). The van der Waals surface area contributed by atoms with E-state index in [0.29, 0.717) is 6.42 Å². The second-order valence-corrected chi connectivity index (χ2v) is 6.49. The number of likely N-dealkylation sites (tertiary alicyclic amines) is 1. The summed E-state index contributed by atoms with van der Waals surface area (Å²) < 4.78 is 0. The first kappa shape index (κ1) is 22.0. The van der Waals surface area contributed by atoms with Gasteiger partial charge in [0.2, 0.25) is 5.91 Å². The number of rotatable bonds is 6. The molecule has 0 spiro atoms. The number of nitrogens with zero attached hydrogens (tertiary/aromatic N) is 2. The Morgan fingerprint density at radius 1 is 1.36 bits per heavy atom. The summed E-state index contributed by atoms with van der Waals surface area (Å²) >= 11 is 5.89. The van der Waals surface area contributed by atoms with E-state index in [-0.39, 0.29) is 35.9 Å². The molecule has 5 nitrogen and oxygen atoms in total. The quantitative estimate of drug-likeness (QED) is 0.286. The van der Waals surface area contributed by atoms with Gasteiger partial charge in [0.15, 0.2) is 5.96 Å². The predicted octanol–water partition coefficient (Wildman–Crippen LogP) is 3.07. The van der Waals surface area contributed by atoms with Crippen molar-refractivity contribution in [2.24, 2.45) is 4.99 Å². The second-order valence-electron chi connectivity index (χ2n) is 6.05. The molecule has 1 atom stereocenters. The maximum Gasteiger partial charge on any atom is 0.222 e. The van der Waals surface area contributed by atoms with Crippen LogP contribution in [-0.2, 0) is 11.2 Å². The highest BCUT2D eigenvalue weighted by Gasteiger charge is 2.25. The molecule has 1 heterocycles. The maximum atomic E-state index is 11.7. The lowest BCUT2D eigenvalue weighted by atomic mass is 10.1. The van der Waals surface area contributed by atoms with Gasteiger partial charge < -0.3 is 15.5 Å². The molecule has 1 unspecified atom stereocenters. The highest BCUT2D eigenvalue weighted by Crippen LogP contribution is 2.11. The smallest absolute Gasteiger partial charge is 0.222 e. The number of guanidine groups is 1. The lowest BCUT2D eigenvalue weighted by molar-refractivity contribution is -0.129. The van der Waals surface area contributed by atoms with Crippen molar-refractivity contribution in [2.75, 3.05) is 26.7 Å². The zero-order valence-corrected chi connectivity index (χ0v) is 18.0. The average molecular weight is 479 g/mol. The van der Waals surface area contributed by atoms with E-state index in [4.69, 9.17) is 11.6 Å². The largest absolute Gasteiger partial charge is 0.356 e. The van der Waals surface area contributed by atoms with E-state index in [2.05, 4.69) is 27.8 Å². The van der Waals surface area contributed by atoms with Crippen molar-refractivity contribution in [1.82, 2.24) is 15.5 Å². The van der Waals surface area contributed by atoms with Gasteiger partial charge in [-0.3, -0.25) is 9.79 Å². The van der Waals surface area contributed by atoms with Crippen molar-refractivity contribution < 1.29 is 4.79 Å². The van der Waals surface area contributed by atoms with Crippen LogP contribution in [0.15, 0.2) is 29.3 Å². The molecule has 7 heteroatoms. The Morgan fingerprint density at radius 3 is 2.72 bits per heavy atom. The number of carbonyl (C=O) groups is 1. The number of hydrogen-bond donors (Lipinski definition) is 2. The van der Waals surface area contributed by atoms with Crippen LogP contribution in [0.2, 0.25) is 5.02 Å². The number of benzene rings is 1. The van der Waals surface area contributed by atoms with Crippen LogP contribution in [0.3, 0.4) is 0 Å². The molecule has 25 heavy (non-hydrogen) atoms. The molecule has 0 aromatic heterocycles. The van der Waals surface area contributed by atoms with Crippen LogP contribution in [0.25, 0.3) is 0 Å². The van der Waals surface area contributed by atoms with Crippen LogP contribution in [0.1, 0.15) is 31.7 Å². The lowest BCUT2D eigenvalue weighted by Crippen LogP contribution is -2.45. The average Bonchev–Trinajstić information content (AvgIpc) is 3.07.